The van der Waals surface area contributed by atoms with Crippen molar-refractivity contribution >= 4 is 11.8 Å². The van der Waals surface area contributed by atoms with Crippen molar-refractivity contribution in [2.24, 2.45) is 0 Å². The quantitative estimate of drug-likeness (QED) is 0.784. The predicted octanol–water partition coefficient (Wildman–Crippen LogP) is 3.72. The number of nitrogens with one attached hydrogen (secondary N) is 1. The third-order valence-corrected chi connectivity index (χ3v) is 4.74. The molecule has 0 spiro atoms. The smallest absolute Gasteiger partial charge is 0.104 e. The van der Waals surface area contributed by atoms with Crippen LogP contribution in [0.15, 0.2) is 0 Å². The molecule has 0 amide bonds. The van der Waals surface area contributed by atoms with Gasteiger partial charge in [-0.2, -0.15) is 17.0 Å². The van der Waals surface area contributed by atoms with E-state index in [0.717, 1.165) is 17.4 Å². The van der Waals surface area contributed by atoms with Crippen LogP contribution in [0.1, 0.15) is 59.3 Å². The second-order valence-electron chi connectivity index (χ2n) is 5.62. The monoisotopic (exact) mass is 254 g/mol. The minimum Gasteiger partial charge on any atom is -0.297 e. The molecule has 1 atom stereocenters. The minimum atomic E-state index is -0.351. The molecule has 0 aromatic heterocycles. The maximum atomic E-state index is 9.25. The standard InChI is InChI=1S/C14H26N2S/c1-12(2)16-14(3,11-15)9-10-17-13-7-5-4-6-8-13/h12-13,16H,4-10H2,1-3H3. The molecule has 0 radical (unpaired) electrons. The summed E-state index contributed by atoms with van der Waals surface area (Å²) >= 11 is 2.08. The van der Waals surface area contributed by atoms with Gasteiger partial charge in [0, 0.05) is 11.3 Å². The van der Waals surface area contributed by atoms with Crippen LogP contribution in [0.4, 0.5) is 0 Å². The van der Waals surface area contributed by atoms with Crippen molar-refractivity contribution in [3.05, 3.63) is 0 Å². The Kier molecular flexibility index (Phi) is 6.37. The average Bonchev–Trinajstić information content (AvgIpc) is 2.29. The molecular formula is C14H26N2S. The third-order valence-electron chi connectivity index (χ3n) is 3.36. The minimum absolute atomic E-state index is 0.351. The summed E-state index contributed by atoms with van der Waals surface area (Å²) in [5, 5.41) is 13.5. The Morgan fingerprint density at radius 3 is 2.53 bits per heavy atom. The first-order valence-electron chi connectivity index (χ1n) is 6.86. The second kappa shape index (κ2) is 7.28. The SMILES string of the molecule is CC(C)NC(C)(C#N)CCSC1CCCCC1. The number of hydrogen-bond donors (Lipinski definition) is 1. The van der Waals surface area contributed by atoms with E-state index in [-0.39, 0.29) is 5.54 Å². The Hall–Kier alpha value is -0.200. The van der Waals surface area contributed by atoms with E-state index in [4.69, 9.17) is 0 Å². The number of rotatable bonds is 6. The van der Waals surface area contributed by atoms with Gasteiger partial charge in [-0.3, -0.25) is 5.32 Å². The second-order valence-corrected chi connectivity index (χ2v) is 7.03. The van der Waals surface area contributed by atoms with Crippen molar-refractivity contribution in [3.8, 4) is 6.07 Å². The lowest BCUT2D eigenvalue weighted by molar-refractivity contribution is 0.397. The molecule has 0 bridgehead atoms. The first kappa shape index (κ1) is 14.9. The molecule has 98 valence electrons. The molecule has 0 aliphatic heterocycles. The zero-order valence-corrected chi connectivity index (χ0v) is 12.3. The summed E-state index contributed by atoms with van der Waals surface area (Å²) in [6.07, 6.45) is 7.93. The van der Waals surface area contributed by atoms with E-state index in [9.17, 15) is 5.26 Å². The van der Waals surface area contributed by atoms with E-state index in [2.05, 4.69) is 37.0 Å². The molecule has 17 heavy (non-hydrogen) atoms. The Balaban J connectivity index is 2.25. The molecular weight excluding hydrogens is 228 g/mol. The van der Waals surface area contributed by atoms with Crippen LogP contribution in [-0.2, 0) is 0 Å². The lowest BCUT2D eigenvalue weighted by Gasteiger charge is -2.27. The average molecular weight is 254 g/mol. The molecule has 1 saturated carbocycles. The van der Waals surface area contributed by atoms with Gasteiger partial charge in [-0.05, 0) is 45.8 Å². The van der Waals surface area contributed by atoms with E-state index in [0.29, 0.717) is 6.04 Å². The van der Waals surface area contributed by atoms with Gasteiger partial charge in [-0.25, -0.2) is 0 Å². The van der Waals surface area contributed by atoms with Crippen molar-refractivity contribution in [2.45, 2.75) is 76.1 Å². The number of nitrogens with zero attached hydrogens (tertiary/aromatic N) is 1. The zero-order valence-electron chi connectivity index (χ0n) is 11.5. The van der Waals surface area contributed by atoms with Crippen LogP contribution in [0.5, 0.6) is 0 Å². The zero-order chi connectivity index (χ0) is 12.7. The van der Waals surface area contributed by atoms with Gasteiger partial charge < -0.3 is 0 Å². The molecule has 0 heterocycles. The summed E-state index contributed by atoms with van der Waals surface area (Å²) in [7, 11) is 0. The normalized spacial score (nSPS) is 21.1. The van der Waals surface area contributed by atoms with Crippen molar-refractivity contribution in [2.75, 3.05) is 5.75 Å². The summed E-state index contributed by atoms with van der Waals surface area (Å²) in [5.74, 6) is 1.11. The van der Waals surface area contributed by atoms with Crippen molar-refractivity contribution in [3.63, 3.8) is 0 Å². The molecule has 1 N–H and O–H groups in total. The van der Waals surface area contributed by atoms with Crippen LogP contribution < -0.4 is 5.32 Å². The van der Waals surface area contributed by atoms with Crippen molar-refractivity contribution < 1.29 is 0 Å². The van der Waals surface area contributed by atoms with Crippen LogP contribution in [0.25, 0.3) is 0 Å². The van der Waals surface area contributed by atoms with Gasteiger partial charge in [-0.15, -0.1) is 0 Å². The Labute approximate surface area is 111 Å². The Morgan fingerprint density at radius 1 is 1.35 bits per heavy atom. The largest absolute Gasteiger partial charge is 0.297 e. The van der Waals surface area contributed by atoms with Gasteiger partial charge in [-0.1, -0.05) is 19.3 Å². The van der Waals surface area contributed by atoms with Crippen LogP contribution >= 0.6 is 11.8 Å². The first-order chi connectivity index (χ1) is 8.06. The van der Waals surface area contributed by atoms with Crippen molar-refractivity contribution in [1.29, 1.82) is 5.26 Å². The molecule has 1 rings (SSSR count). The highest BCUT2D eigenvalue weighted by molar-refractivity contribution is 7.99. The van der Waals surface area contributed by atoms with Crippen LogP contribution in [0.2, 0.25) is 0 Å². The first-order valence-corrected chi connectivity index (χ1v) is 7.91. The van der Waals surface area contributed by atoms with Gasteiger partial charge in [0.2, 0.25) is 0 Å². The Bertz CT molecular complexity index is 253. The molecule has 2 nitrogen and oxygen atoms in total. The maximum absolute atomic E-state index is 9.25. The lowest BCUT2D eigenvalue weighted by atomic mass is 10.00. The molecule has 0 saturated heterocycles. The number of nitriles is 1. The summed E-state index contributed by atoms with van der Waals surface area (Å²) in [6, 6.07) is 2.80. The van der Waals surface area contributed by atoms with E-state index < -0.39 is 0 Å². The number of hydrogen-bond acceptors (Lipinski definition) is 3. The highest BCUT2D eigenvalue weighted by Crippen LogP contribution is 2.29. The summed E-state index contributed by atoms with van der Waals surface area (Å²) < 4.78 is 0. The fourth-order valence-corrected chi connectivity index (χ4v) is 3.99. The topological polar surface area (TPSA) is 35.8 Å². The van der Waals surface area contributed by atoms with Crippen LogP contribution in [0.3, 0.4) is 0 Å². The molecule has 0 aromatic rings. The summed E-state index contributed by atoms with van der Waals surface area (Å²) in [4.78, 5) is 0. The number of thioether (sulfide) groups is 1. The van der Waals surface area contributed by atoms with E-state index >= 15 is 0 Å². The highest BCUT2D eigenvalue weighted by atomic mass is 32.2. The highest BCUT2D eigenvalue weighted by Gasteiger charge is 2.24. The van der Waals surface area contributed by atoms with E-state index in [1.807, 2.05) is 6.92 Å². The fourth-order valence-electron chi connectivity index (χ4n) is 2.46. The van der Waals surface area contributed by atoms with Gasteiger partial charge in [0.05, 0.1) is 6.07 Å². The Morgan fingerprint density at radius 2 is 2.00 bits per heavy atom. The fraction of sp³-hybridized carbons (Fsp3) is 0.929. The summed E-state index contributed by atoms with van der Waals surface area (Å²) in [6.45, 7) is 6.22. The molecule has 1 aliphatic carbocycles. The van der Waals surface area contributed by atoms with Gasteiger partial charge in [0.15, 0.2) is 0 Å². The lowest BCUT2D eigenvalue weighted by Crippen LogP contribution is -2.45. The van der Waals surface area contributed by atoms with Crippen LogP contribution in [-0.4, -0.2) is 22.6 Å². The van der Waals surface area contributed by atoms with E-state index in [1.54, 1.807) is 0 Å². The van der Waals surface area contributed by atoms with Gasteiger partial charge >= 0.3 is 0 Å². The van der Waals surface area contributed by atoms with Gasteiger partial charge in [0.1, 0.15) is 5.54 Å². The summed E-state index contributed by atoms with van der Waals surface area (Å²) in [5.41, 5.74) is -0.351. The van der Waals surface area contributed by atoms with E-state index in [1.165, 1.54) is 32.1 Å². The molecule has 0 aromatic carbocycles. The maximum Gasteiger partial charge on any atom is 0.104 e. The van der Waals surface area contributed by atoms with Gasteiger partial charge in [0.25, 0.3) is 0 Å². The van der Waals surface area contributed by atoms with Crippen LogP contribution in [0, 0.1) is 11.3 Å². The predicted molar refractivity (Wildman–Crippen MR) is 76.2 cm³/mol. The molecule has 3 heteroatoms. The molecule has 1 fully saturated rings. The molecule has 1 aliphatic rings. The third kappa shape index (κ3) is 5.79. The molecule has 1 unspecified atom stereocenters. The van der Waals surface area contributed by atoms with Crippen molar-refractivity contribution in [1.82, 2.24) is 5.32 Å².